The van der Waals surface area contributed by atoms with E-state index in [9.17, 15) is 0 Å². The molecular weight excluding hydrogens is 178 g/mol. The van der Waals surface area contributed by atoms with E-state index in [1.54, 1.807) is 6.20 Å². The van der Waals surface area contributed by atoms with Gasteiger partial charge >= 0.3 is 0 Å². The summed E-state index contributed by atoms with van der Waals surface area (Å²) in [5, 5.41) is 7.98. The van der Waals surface area contributed by atoms with Gasteiger partial charge in [0.2, 0.25) is 0 Å². The second kappa shape index (κ2) is 3.25. The van der Waals surface area contributed by atoms with Gasteiger partial charge in [0.15, 0.2) is 5.82 Å². The lowest BCUT2D eigenvalue weighted by Gasteiger charge is -2.16. The summed E-state index contributed by atoms with van der Waals surface area (Å²) in [5.74, 6) is 1.75. The minimum absolute atomic E-state index is 0.286. The molecule has 0 bridgehead atoms. The Kier molecular flexibility index (Phi) is 2.07. The van der Waals surface area contributed by atoms with E-state index in [1.165, 1.54) is 0 Å². The van der Waals surface area contributed by atoms with Crippen LogP contribution in [0.4, 0.5) is 0 Å². The largest absolute Gasteiger partial charge is 0.386 e. The Hall–Kier alpha value is -1.65. The molecule has 1 unspecified atom stereocenters. The van der Waals surface area contributed by atoms with Gasteiger partial charge in [0.05, 0.1) is 0 Å². The molecule has 0 saturated heterocycles. The van der Waals surface area contributed by atoms with E-state index in [0.717, 1.165) is 18.0 Å². The van der Waals surface area contributed by atoms with Crippen molar-refractivity contribution in [3.63, 3.8) is 0 Å². The number of aromatic nitrogens is 2. The number of hydrogen-bond acceptors (Lipinski definition) is 4. The molecule has 74 valence electrons. The first kappa shape index (κ1) is 8.93. The predicted molar refractivity (Wildman–Crippen MR) is 55.1 cm³/mol. The van der Waals surface area contributed by atoms with E-state index in [2.05, 4.69) is 22.1 Å². The van der Waals surface area contributed by atoms with Gasteiger partial charge in [0.25, 0.3) is 0 Å². The zero-order valence-corrected chi connectivity index (χ0v) is 8.31. The van der Waals surface area contributed by atoms with Crippen molar-refractivity contribution in [1.82, 2.24) is 9.55 Å². The molecule has 2 heterocycles. The normalized spacial score (nSPS) is 21.7. The summed E-state index contributed by atoms with van der Waals surface area (Å²) >= 11 is 0. The highest BCUT2D eigenvalue weighted by Crippen LogP contribution is 2.15. The number of imidazole rings is 1. The molecule has 14 heavy (non-hydrogen) atoms. The Bertz CT molecular complexity index is 401. The number of nitrogens with two attached hydrogens (primary N) is 1. The Labute approximate surface area is 82.4 Å². The first-order valence-corrected chi connectivity index (χ1v) is 4.56. The van der Waals surface area contributed by atoms with Crippen LogP contribution in [0.3, 0.4) is 0 Å². The Morgan fingerprint density at radius 2 is 2.29 bits per heavy atom. The first-order valence-electron chi connectivity index (χ1n) is 4.56. The second-order valence-corrected chi connectivity index (χ2v) is 3.54. The van der Waals surface area contributed by atoms with Crippen molar-refractivity contribution in [3.05, 3.63) is 18.2 Å². The van der Waals surface area contributed by atoms with E-state index in [0.29, 0.717) is 5.84 Å². The summed E-state index contributed by atoms with van der Waals surface area (Å²) < 4.78 is 1.94. The molecular formula is C9H13N5. The average molecular weight is 191 g/mol. The van der Waals surface area contributed by atoms with Crippen LogP contribution in [0.1, 0.15) is 19.2 Å². The topological polar surface area (TPSA) is 68.6 Å². The molecule has 2 rings (SSSR count). The first-order chi connectivity index (χ1) is 6.68. The maximum absolute atomic E-state index is 5.59. The zero-order valence-electron chi connectivity index (χ0n) is 8.31. The van der Waals surface area contributed by atoms with Crippen molar-refractivity contribution in [2.24, 2.45) is 28.9 Å². The summed E-state index contributed by atoms with van der Waals surface area (Å²) in [6.45, 7) is 2.08. The molecule has 0 spiro atoms. The average Bonchev–Trinajstić information content (AvgIpc) is 2.52. The lowest BCUT2D eigenvalue weighted by atomic mass is 10.00. The van der Waals surface area contributed by atoms with Crippen molar-refractivity contribution in [2.45, 2.75) is 13.3 Å². The van der Waals surface area contributed by atoms with Crippen LogP contribution < -0.4 is 5.73 Å². The van der Waals surface area contributed by atoms with Crippen LogP contribution in [0.2, 0.25) is 0 Å². The van der Waals surface area contributed by atoms with Gasteiger partial charge in [-0.25, -0.2) is 4.98 Å². The predicted octanol–water partition coefficient (Wildman–Crippen LogP) is 0.521. The highest BCUT2D eigenvalue weighted by Gasteiger charge is 2.21. The zero-order chi connectivity index (χ0) is 10.1. The van der Waals surface area contributed by atoms with Crippen LogP contribution >= 0.6 is 0 Å². The maximum Gasteiger partial charge on any atom is 0.156 e. The van der Waals surface area contributed by atoms with E-state index in [1.807, 2.05) is 17.8 Å². The van der Waals surface area contributed by atoms with Gasteiger partial charge in [0.1, 0.15) is 11.5 Å². The van der Waals surface area contributed by atoms with Gasteiger partial charge in [0, 0.05) is 31.8 Å². The van der Waals surface area contributed by atoms with Crippen molar-refractivity contribution < 1.29 is 0 Å². The smallest absolute Gasteiger partial charge is 0.156 e. The number of rotatable bonds is 1. The van der Waals surface area contributed by atoms with Gasteiger partial charge in [-0.05, 0) is 0 Å². The van der Waals surface area contributed by atoms with E-state index >= 15 is 0 Å². The van der Waals surface area contributed by atoms with Crippen molar-refractivity contribution in [3.8, 4) is 0 Å². The lowest BCUT2D eigenvalue weighted by Crippen LogP contribution is -2.26. The van der Waals surface area contributed by atoms with Crippen LogP contribution in [-0.4, -0.2) is 21.1 Å². The summed E-state index contributed by atoms with van der Waals surface area (Å²) in [6.07, 6.45) is 4.41. The monoisotopic (exact) mass is 191 g/mol. The van der Waals surface area contributed by atoms with E-state index in [-0.39, 0.29) is 5.92 Å². The highest BCUT2D eigenvalue weighted by atomic mass is 15.3. The molecule has 1 aliphatic heterocycles. The molecule has 2 N–H and O–H groups in total. The SMILES string of the molecule is CC1CC(N)=NN=C1c1nccn1C. The molecule has 1 atom stereocenters. The van der Waals surface area contributed by atoms with Crippen LogP contribution in [0.5, 0.6) is 0 Å². The summed E-state index contributed by atoms with van der Waals surface area (Å²) in [5.41, 5.74) is 6.50. The number of amidine groups is 1. The molecule has 1 aromatic rings. The van der Waals surface area contributed by atoms with Crippen LogP contribution in [-0.2, 0) is 7.05 Å². The molecule has 0 radical (unpaired) electrons. The molecule has 1 aliphatic rings. The van der Waals surface area contributed by atoms with Crippen molar-refractivity contribution >= 4 is 11.5 Å². The third-order valence-electron chi connectivity index (χ3n) is 2.32. The minimum atomic E-state index is 0.286. The van der Waals surface area contributed by atoms with Crippen molar-refractivity contribution in [1.29, 1.82) is 0 Å². The quantitative estimate of drug-likeness (QED) is 0.703. The molecule has 0 saturated carbocycles. The van der Waals surface area contributed by atoms with Crippen molar-refractivity contribution in [2.75, 3.05) is 0 Å². The molecule has 0 fully saturated rings. The van der Waals surface area contributed by atoms with Gasteiger partial charge in [-0.1, -0.05) is 6.92 Å². The highest BCUT2D eigenvalue weighted by molar-refractivity contribution is 6.03. The summed E-state index contributed by atoms with van der Waals surface area (Å²) in [4.78, 5) is 4.24. The Morgan fingerprint density at radius 1 is 1.50 bits per heavy atom. The standard InChI is InChI=1S/C9H13N5/c1-6-5-7(10)12-13-8(6)9-11-3-4-14(9)2/h3-4,6H,5H2,1-2H3,(H2,10,12). The van der Waals surface area contributed by atoms with Gasteiger partial charge in [-0.15, -0.1) is 10.2 Å². The molecule has 0 aliphatic carbocycles. The lowest BCUT2D eigenvalue weighted by molar-refractivity contribution is 0.761. The number of nitrogens with zero attached hydrogens (tertiary/aromatic N) is 4. The maximum atomic E-state index is 5.59. The molecule has 5 nitrogen and oxygen atoms in total. The summed E-state index contributed by atoms with van der Waals surface area (Å²) in [6, 6.07) is 0. The third kappa shape index (κ3) is 1.41. The van der Waals surface area contributed by atoms with Crippen LogP contribution in [0, 0.1) is 5.92 Å². The molecule has 1 aromatic heterocycles. The minimum Gasteiger partial charge on any atom is -0.386 e. The number of hydrogen-bond donors (Lipinski definition) is 1. The molecule has 0 aromatic carbocycles. The Morgan fingerprint density at radius 3 is 2.86 bits per heavy atom. The second-order valence-electron chi connectivity index (χ2n) is 3.54. The molecule has 0 amide bonds. The van der Waals surface area contributed by atoms with Crippen LogP contribution in [0.15, 0.2) is 22.6 Å². The summed E-state index contributed by atoms with van der Waals surface area (Å²) in [7, 11) is 1.94. The fourth-order valence-corrected chi connectivity index (χ4v) is 1.55. The van der Waals surface area contributed by atoms with E-state index in [4.69, 9.17) is 5.73 Å². The Balaban J connectivity index is 2.40. The van der Waals surface area contributed by atoms with E-state index < -0.39 is 0 Å². The third-order valence-corrected chi connectivity index (χ3v) is 2.32. The molecule has 5 heteroatoms. The van der Waals surface area contributed by atoms with Gasteiger partial charge in [-0.2, -0.15) is 0 Å². The van der Waals surface area contributed by atoms with Gasteiger partial charge in [-0.3, -0.25) is 0 Å². The fourth-order valence-electron chi connectivity index (χ4n) is 1.55. The fraction of sp³-hybridized carbons (Fsp3) is 0.444. The van der Waals surface area contributed by atoms with Gasteiger partial charge < -0.3 is 10.3 Å². The van der Waals surface area contributed by atoms with Crippen LogP contribution in [0.25, 0.3) is 0 Å². The number of aryl methyl sites for hydroxylation is 1.